The lowest BCUT2D eigenvalue weighted by molar-refractivity contribution is 0.250. The van der Waals surface area contributed by atoms with Crippen molar-refractivity contribution in [2.24, 2.45) is 11.3 Å². The fourth-order valence-corrected chi connectivity index (χ4v) is 2.67. The van der Waals surface area contributed by atoms with Gasteiger partial charge in [0, 0.05) is 6.54 Å². The summed E-state index contributed by atoms with van der Waals surface area (Å²) >= 11 is 0. The van der Waals surface area contributed by atoms with Crippen molar-refractivity contribution in [3.63, 3.8) is 0 Å². The standard InChI is InChI=1S/C11H21N/c1-3-12-7-4-10(2)8-11(9-12)5-6-11/h10H,3-9H2,1-2H3. The number of nitrogens with zero attached hydrogens (tertiary/aromatic N) is 1. The van der Waals surface area contributed by atoms with Crippen LogP contribution in [0.5, 0.6) is 0 Å². The van der Waals surface area contributed by atoms with Crippen molar-refractivity contribution in [3.05, 3.63) is 0 Å². The van der Waals surface area contributed by atoms with Crippen LogP contribution in [0, 0.1) is 11.3 Å². The molecule has 1 nitrogen and oxygen atoms in total. The Bertz CT molecular complexity index is 160. The summed E-state index contributed by atoms with van der Waals surface area (Å²) in [6.07, 6.45) is 5.95. The molecular weight excluding hydrogens is 146 g/mol. The van der Waals surface area contributed by atoms with Gasteiger partial charge in [0.15, 0.2) is 0 Å². The molecule has 0 aromatic carbocycles. The van der Waals surface area contributed by atoms with E-state index >= 15 is 0 Å². The van der Waals surface area contributed by atoms with Crippen LogP contribution in [0.15, 0.2) is 0 Å². The van der Waals surface area contributed by atoms with Crippen molar-refractivity contribution in [1.82, 2.24) is 4.90 Å². The van der Waals surface area contributed by atoms with Crippen LogP contribution >= 0.6 is 0 Å². The summed E-state index contributed by atoms with van der Waals surface area (Å²) in [6, 6.07) is 0. The topological polar surface area (TPSA) is 3.24 Å². The second-order valence-corrected chi connectivity index (χ2v) is 4.97. The summed E-state index contributed by atoms with van der Waals surface area (Å²) in [5, 5.41) is 0. The molecule has 70 valence electrons. The van der Waals surface area contributed by atoms with Gasteiger partial charge >= 0.3 is 0 Å². The van der Waals surface area contributed by atoms with E-state index in [0.717, 1.165) is 11.3 Å². The minimum atomic E-state index is 0.784. The van der Waals surface area contributed by atoms with Crippen molar-refractivity contribution < 1.29 is 0 Å². The lowest BCUT2D eigenvalue weighted by Crippen LogP contribution is -2.28. The van der Waals surface area contributed by atoms with Gasteiger partial charge in [-0.3, -0.25) is 0 Å². The third kappa shape index (κ3) is 1.66. The van der Waals surface area contributed by atoms with Crippen molar-refractivity contribution in [2.75, 3.05) is 19.6 Å². The molecule has 0 amide bonds. The van der Waals surface area contributed by atoms with Gasteiger partial charge in [-0.25, -0.2) is 0 Å². The van der Waals surface area contributed by atoms with Gasteiger partial charge in [0.2, 0.25) is 0 Å². The first kappa shape index (κ1) is 8.55. The number of rotatable bonds is 1. The van der Waals surface area contributed by atoms with E-state index in [1.807, 2.05) is 0 Å². The molecule has 1 atom stereocenters. The van der Waals surface area contributed by atoms with Crippen LogP contribution in [0.4, 0.5) is 0 Å². The van der Waals surface area contributed by atoms with Crippen LogP contribution in [0.3, 0.4) is 0 Å². The summed E-state index contributed by atoms with van der Waals surface area (Å²) in [4.78, 5) is 2.65. The molecule has 0 aromatic rings. The molecule has 1 heteroatoms. The van der Waals surface area contributed by atoms with Crippen LogP contribution in [0.25, 0.3) is 0 Å². The number of likely N-dealkylation sites (tertiary alicyclic amines) is 1. The largest absolute Gasteiger partial charge is 0.303 e. The summed E-state index contributed by atoms with van der Waals surface area (Å²) in [5.41, 5.74) is 0.784. The average Bonchev–Trinajstić information content (AvgIpc) is 2.80. The second kappa shape index (κ2) is 3.02. The van der Waals surface area contributed by atoms with Gasteiger partial charge in [0.25, 0.3) is 0 Å². The van der Waals surface area contributed by atoms with Gasteiger partial charge in [0.1, 0.15) is 0 Å². The molecule has 0 N–H and O–H groups in total. The van der Waals surface area contributed by atoms with Crippen LogP contribution in [-0.4, -0.2) is 24.5 Å². The lowest BCUT2D eigenvalue weighted by atomic mass is 9.93. The highest BCUT2D eigenvalue weighted by Crippen LogP contribution is 2.52. The van der Waals surface area contributed by atoms with Gasteiger partial charge in [-0.15, -0.1) is 0 Å². The third-order valence-electron chi connectivity index (χ3n) is 3.68. The predicted octanol–water partition coefficient (Wildman–Crippen LogP) is 2.52. The van der Waals surface area contributed by atoms with Gasteiger partial charge in [-0.2, -0.15) is 0 Å². The molecule has 1 aliphatic carbocycles. The first-order valence-electron chi connectivity index (χ1n) is 5.46. The molecule has 1 heterocycles. The third-order valence-corrected chi connectivity index (χ3v) is 3.68. The van der Waals surface area contributed by atoms with Crippen molar-refractivity contribution in [3.8, 4) is 0 Å². The highest BCUT2D eigenvalue weighted by atomic mass is 15.1. The number of hydrogen-bond acceptors (Lipinski definition) is 1. The maximum Gasteiger partial charge on any atom is 0.00380 e. The first-order chi connectivity index (χ1) is 5.74. The second-order valence-electron chi connectivity index (χ2n) is 4.97. The molecule has 2 rings (SSSR count). The zero-order chi connectivity index (χ0) is 8.60. The molecule has 0 aromatic heterocycles. The molecule has 2 aliphatic rings. The molecule has 1 saturated heterocycles. The fourth-order valence-electron chi connectivity index (χ4n) is 2.67. The molecule has 1 spiro atoms. The minimum Gasteiger partial charge on any atom is -0.303 e. The Hall–Kier alpha value is -0.0400. The Labute approximate surface area is 76.1 Å². The monoisotopic (exact) mass is 167 g/mol. The van der Waals surface area contributed by atoms with E-state index in [2.05, 4.69) is 18.7 Å². The maximum atomic E-state index is 2.65. The molecule has 2 fully saturated rings. The molecule has 0 bridgehead atoms. The predicted molar refractivity (Wildman–Crippen MR) is 52.2 cm³/mol. The Balaban J connectivity index is 1.98. The van der Waals surface area contributed by atoms with E-state index in [-0.39, 0.29) is 0 Å². The first-order valence-corrected chi connectivity index (χ1v) is 5.46. The summed E-state index contributed by atoms with van der Waals surface area (Å²) in [7, 11) is 0. The highest BCUT2D eigenvalue weighted by molar-refractivity contribution is 4.97. The SMILES string of the molecule is CCN1CCC(C)CC2(CC2)C1. The summed E-state index contributed by atoms with van der Waals surface area (Å²) < 4.78 is 0. The normalized spacial score (nSPS) is 35.0. The minimum absolute atomic E-state index is 0.784. The van der Waals surface area contributed by atoms with Crippen molar-refractivity contribution in [1.29, 1.82) is 0 Å². The zero-order valence-electron chi connectivity index (χ0n) is 8.47. The Morgan fingerprint density at radius 2 is 2.17 bits per heavy atom. The van der Waals surface area contributed by atoms with E-state index in [0.29, 0.717) is 0 Å². The highest BCUT2D eigenvalue weighted by Gasteiger charge is 2.45. The summed E-state index contributed by atoms with van der Waals surface area (Å²) in [5.74, 6) is 0.976. The smallest absolute Gasteiger partial charge is 0.00380 e. The fraction of sp³-hybridized carbons (Fsp3) is 1.00. The van der Waals surface area contributed by atoms with Gasteiger partial charge < -0.3 is 4.90 Å². The van der Waals surface area contributed by atoms with E-state index in [1.54, 1.807) is 0 Å². The number of hydrogen-bond donors (Lipinski definition) is 0. The van der Waals surface area contributed by atoms with Crippen molar-refractivity contribution >= 4 is 0 Å². The van der Waals surface area contributed by atoms with Crippen LogP contribution in [0.2, 0.25) is 0 Å². The molecule has 1 saturated carbocycles. The van der Waals surface area contributed by atoms with E-state index in [4.69, 9.17) is 0 Å². The molecule has 12 heavy (non-hydrogen) atoms. The van der Waals surface area contributed by atoms with E-state index in [9.17, 15) is 0 Å². The summed E-state index contributed by atoms with van der Waals surface area (Å²) in [6.45, 7) is 8.73. The van der Waals surface area contributed by atoms with Gasteiger partial charge in [-0.1, -0.05) is 13.8 Å². The lowest BCUT2D eigenvalue weighted by Gasteiger charge is -2.21. The van der Waals surface area contributed by atoms with Crippen LogP contribution in [0.1, 0.15) is 39.5 Å². The van der Waals surface area contributed by atoms with Gasteiger partial charge in [0.05, 0.1) is 0 Å². The van der Waals surface area contributed by atoms with Gasteiger partial charge in [-0.05, 0) is 50.1 Å². The molecule has 0 radical (unpaired) electrons. The Morgan fingerprint density at radius 1 is 1.42 bits per heavy atom. The zero-order valence-corrected chi connectivity index (χ0v) is 8.47. The van der Waals surface area contributed by atoms with Crippen LogP contribution in [-0.2, 0) is 0 Å². The van der Waals surface area contributed by atoms with E-state index < -0.39 is 0 Å². The molecular formula is C11H21N. The quantitative estimate of drug-likeness (QED) is 0.580. The van der Waals surface area contributed by atoms with Crippen LogP contribution < -0.4 is 0 Å². The van der Waals surface area contributed by atoms with Crippen molar-refractivity contribution in [2.45, 2.75) is 39.5 Å². The maximum absolute atomic E-state index is 2.65. The molecule has 1 unspecified atom stereocenters. The van der Waals surface area contributed by atoms with E-state index in [1.165, 1.54) is 45.3 Å². The Kier molecular flexibility index (Phi) is 2.16. The Morgan fingerprint density at radius 3 is 2.75 bits per heavy atom. The molecule has 1 aliphatic heterocycles. The average molecular weight is 167 g/mol.